The van der Waals surface area contributed by atoms with E-state index < -0.39 is 39.0 Å². The second-order valence-electron chi connectivity index (χ2n) is 11.2. The third-order valence-corrected chi connectivity index (χ3v) is 7.78. The summed E-state index contributed by atoms with van der Waals surface area (Å²) in [5.41, 5.74) is 1.32. The number of rotatable bonds is 6. The lowest BCUT2D eigenvalue weighted by Gasteiger charge is -2.48. The van der Waals surface area contributed by atoms with Crippen LogP contribution < -0.4 is 4.72 Å². The van der Waals surface area contributed by atoms with Crippen molar-refractivity contribution in [1.82, 2.24) is 9.62 Å². The Bertz CT molecular complexity index is 1060. The highest BCUT2D eigenvalue weighted by Crippen LogP contribution is 2.33. The van der Waals surface area contributed by atoms with Crippen LogP contribution in [0.1, 0.15) is 59.9 Å². The molecule has 190 valence electrons. The molecule has 0 unspecified atom stereocenters. The van der Waals surface area contributed by atoms with Gasteiger partial charge in [0.15, 0.2) is 0 Å². The molecule has 3 rings (SSSR count). The fraction of sp³-hybridized carbons (Fsp3) is 0.500. The largest absolute Gasteiger partial charge is 0.444 e. The number of aldehydes is 1. The Hall–Kier alpha value is -2.51. The number of carbonyl (C=O) groups is 2. The van der Waals surface area contributed by atoms with Crippen LogP contribution in [0.4, 0.5) is 4.79 Å². The quantitative estimate of drug-likeness (QED) is 0.550. The van der Waals surface area contributed by atoms with Crippen LogP contribution in [-0.2, 0) is 26.9 Å². The van der Waals surface area contributed by atoms with E-state index in [2.05, 4.69) is 22.9 Å². The zero-order valence-corrected chi connectivity index (χ0v) is 22.5. The molecule has 0 saturated carbocycles. The molecule has 35 heavy (non-hydrogen) atoms. The van der Waals surface area contributed by atoms with Gasteiger partial charge in [0, 0.05) is 6.54 Å². The van der Waals surface area contributed by atoms with E-state index in [0.29, 0.717) is 25.8 Å². The maximum Gasteiger partial charge on any atom is 0.410 e. The number of hydrogen-bond acceptors (Lipinski definition) is 4. The summed E-state index contributed by atoms with van der Waals surface area (Å²) < 4.78 is 21.4. The van der Waals surface area contributed by atoms with Gasteiger partial charge in [-0.15, -0.1) is 0 Å². The van der Waals surface area contributed by atoms with E-state index in [1.807, 2.05) is 77.9 Å². The van der Waals surface area contributed by atoms with Gasteiger partial charge in [0.05, 0.1) is 21.8 Å². The molecule has 2 aromatic rings. The fourth-order valence-electron chi connectivity index (χ4n) is 4.31. The summed E-state index contributed by atoms with van der Waals surface area (Å²) in [7, 11) is -1.49. The van der Waals surface area contributed by atoms with Crippen LogP contribution in [0.3, 0.4) is 0 Å². The summed E-state index contributed by atoms with van der Waals surface area (Å²) in [6.45, 7) is 11.5. The van der Waals surface area contributed by atoms with Gasteiger partial charge in [-0.3, -0.25) is 0 Å². The van der Waals surface area contributed by atoms with Gasteiger partial charge < -0.3 is 14.4 Å². The summed E-state index contributed by atoms with van der Waals surface area (Å²) in [6.07, 6.45) is 1.90. The Morgan fingerprint density at radius 3 is 2.34 bits per heavy atom. The predicted octanol–water partition coefficient (Wildman–Crippen LogP) is 5.29. The fourth-order valence-corrected chi connectivity index (χ4v) is 5.25. The summed E-state index contributed by atoms with van der Waals surface area (Å²) in [6, 6.07) is 17.7. The van der Waals surface area contributed by atoms with Gasteiger partial charge in [-0.2, -0.15) is 0 Å². The third kappa shape index (κ3) is 6.79. The van der Waals surface area contributed by atoms with Crippen LogP contribution >= 0.6 is 0 Å². The van der Waals surface area contributed by atoms with E-state index in [9.17, 15) is 13.8 Å². The van der Waals surface area contributed by atoms with E-state index in [-0.39, 0.29) is 0 Å². The van der Waals surface area contributed by atoms with Gasteiger partial charge in [-0.25, -0.2) is 13.7 Å². The summed E-state index contributed by atoms with van der Waals surface area (Å²) in [5, 5.41) is 0. The zero-order chi connectivity index (χ0) is 25.9. The van der Waals surface area contributed by atoms with E-state index in [1.54, 1.807) is 4.90 Å². The molecule has 2 aromatic carbocycles. The molecular weight excluding hydrogens is 460 g/mol. The zero-order valence-electron chi connectivity index (χ0n) is 21.7. The molecule has 6 nitrogen and oxygen atoms in total. The molecule has 0 radical (unpaired) electrons. The Labute approximate surface area is 212 Å². The van der Waals surface area contributed by atoms with Crippen LogP contribution in [-0.4, -0.2) is 50.0 Å². The van der Waals surface area contributed by atoms with Crippen molar-refractivity contribution in [1.29, 1.82) is 0 Å². The van der Waals surface area contributed by atoms with Crippen molar-refractivity contribution in [3.8, 4) is 11.1 Å². The van der Waals surface area contributed by atoms with Crippen molar-refractivity contribution >= 4 is 23.4 Å². The number of nitrogens with zero attached hydrogens (tertiary/aromatic N) is 1. The van der Waals surface area contributed by atoms with Crippen molar-refractivity contribution in [2.24, 2.45) is 0 Å². The number of carbonyl (C=O) groups excluding carboxylic acids is 2. The number of benzene rings is 2. The highest BCUT2D eigenvalue weighted by molar-refractivity contribution is 7.84. The monoisotopic (exact) mass is 498 g/mol. The van der Waals surface area contributed by atoms with E-state index in [0.717, 1.165) is 23.0 Å². The van der Waals surface area contributed by atoms with Crippen LogP contribution in [0.5, 0.6) is 0 Å². The minimum Gasteiger partial charge on any atom is -0.444 e. The molecule has 1 saturated heterocycles. The highest BCUT2D eigenvalue weighted by Gasteiger charge is 2.49. The van der Waals surface area contributed by atoms with E-state index >= 15 is 0 Å². The summed E-state index contributed by atoms with van der Waals surface area (Å²) in [5.74, 6) is 0. The number of nitrogens with one attached hydrogen (secondary N) is 1. The molecule has 1 aliphatic heterocycles. The smallest absolute Gasteiger partial charge is 0.410 e. The first-order valence-electron chi connectivity index (χ1n) is 12.1. The van der Waals surface area contributed by atoms with E-state index in [4.69, 9.17) is 4.74 Å². The molecule has 0 spiro atoms. The maximum atomic E-state index is 13.3. The topological polar surface area (TPSA) is 75.7 Å². The van der Waals surface area contributed by atoms with Crippen LogP contribution in [0.25, 0.3) is 11.1 Å². The Kier molecular flexibility index (Phi) is 8.22. The normalized spacial score (nSPS) is 21.9. The molecular formula is C28H38N2O4S. The van der Waals surface area contributed by atoms with Gasteiger partial charge in [0.25, 0.3) is 0 Å². The van der Waals surface area contributed by atoms with Crippen molar-refractivity contribution in [3.63, 3.8) is 0 Å². The summed E-state index contributed by atoms with van der Waals surface area (Å²) in [4.78, 5) is 27.6. The first-order valence-corrected chi connectivity index (χ1v) is 13.3. The Morgan fingerprint density at radius 2 is 1.74 bits per heavy atom. The SMILES string of the molecule is CC(C)(C)OC(=O)N1CCC[C@](C=O)(N[S@](=O)C(C)(C)C)[C@@H]1Cc1cccc(-c2ccccc2)c1. The molecule has 7 heteroatoms. The van der Waals surface area contributed by atoms with Gasteiger partial charge in [-0.05, 0) is 77.5 Å². The van der Waals surface area contributed by atoms with Gasteiger partial charge >= 0.3 is 6.09 Å². The van der Waals surface area contributed by atoms with Crippen molar-refractivity contribution in [2.75, 3.05) is 6.54 Å². The number of ether oxygens (including phenoxy) is 1. The number of amides is 1. The minimum absolute atomic E-state index is 0.424. The molecule has 1 heterocycles. The molecule has 1 aliphatic rings. The number of hydrogen-bond donors (Lipinski definition) is 1. The van der Waals surface area contributed by atoms with E-state index in [1.165, 1.54) is 0 Å². The van der Waals surface area contributed by atoms with Crippen molar-refractivity contribution < 1.29 is 18.5 Å². The second-order valence-corrected chi connectivity index (χ2v) is 13.2. The van der Waals surface area contributed by atoms with Crippen molar-refractivity contribution in [3.05, 3.63) is 60.2 Å². The van der Waals surface area contributed by atoms with Crippen LogP contribution in [0, 0.1) is 0 Å². The molecule has 1 N–H and O–H groups in total. The molecule has 1 amide bonds. The molecule has 3 atom stereocenters. The van der Waals surface area contributed by atoms with Crippen LogP contribution in [0.2, 0.25) is 0 Å². The minimum atomic E-state index is -1.49. The number of likely N-dealkylation sites (tertiary alicyclic amines) is 1. The van der Waals surface area contributed by atoms with Crippen LogP contribution in [0.15, 0.2) is 54.6 Å². The predicted molar refractivity (Wildman–Crippen MR) is 141 cm³/mol. The van der Waals surface area contributed by atoms with Gasteiger partial charge in [-0.1, -0.05) is 54.6 Å². The Balaban J connectivity index is 2.02. The molecule has 0 aliphatic carbocycles. The van der Waals surface area contributed by atoms with Gasteiger partial charge in [0.1, 0.15) is 17.4 Å². The van der Waals surface area contributed by atoms with Gasteiger partial charge in [0.2, 0.25) is 0 Å². The average molecular weight is 499 g/mol. The lowest BCUT2D eigenvalue weighted by atomic mass is 9.80. The Morgan fingerprint density at radius 1 is 1.09 bits per heavy atom. The van der Waals surface area contributed by atoms with Crippen molar-refractivity contribution in [2.45, 2.75) is 82.7 Å². The number of piperidine rings is 1. The molecule has 0 aromatic heterocycles. The third-order valence-electron chi connectivity index (χ3n) is 6.10. The molecule has 0 bridgehead atoms. The second kappa shape index (κ2) is 10.6. The molecule has 1 fully saturated rings. The maximum absolute atomic E-state index is 13.3. The highest BCUT2D eigenvalue weighted by atomic mass is 32.2. The lowest BCUT2D eigenvalue weighted by Crippen LogP contribution is -2.68. The average Bonchev–Trinajstić information content (AvgIpc) is 2.79. The lowest BCUT2D eigenvalue weighted by molar-refractivity contribution is -0.117. The first kappa shape index (κ1) is 27.1. The standard InChI is InChI=1S/C28H38N2O4S/c1-26(2,3)34-25(32)30-17-11-16-28(20-31,29-35(33)27(4,5)6)24(30)19-21-12-10-15-23(18-21)22-13-8-7-9-14-22/h7-10,12-15,18,20,24,29H,11,16-17,19H2,1-6H3/t24-,28+,35+/m0/s1. The first-order chi connectivity index (χ1) is 16.3. The summed E-state index contributed by atoms with van der Waals surface area (Å²) >= 11 is 0.